The molecule has 1 heterocycles. The van der Waals surface area contributed by atoms with Crippen LogP contribution >= 0.6 is 11.6 Å². The third-order valence-electron chi connectivity index (χ3n) is 2.53. The van der Waals surface area contributed by atoms with Crippen LogP contribution in [0.4, 0.5) is 0 Å². The first-order chi connectivity index (χ1) is 7.95. The largest absolute Gasteiger partial charge is 0.370 e. The molecular weight excluding hydrogens is 236 g/mol. The van der Waals surface area contributed by atoms with E-state index in [1.807, 2.05) is 13.0 Å². The molecule has 0 bridgehead atoms. The Labute approximate surface area is 109 Å². The molecule has 0 N–H and O–H groups in total. The Morgan fingerprint density at radius 1 is 1.24 bits per heavy atom. The number of rotatable bonds is 5. The molecule has 0 fully saturated rings. The Morgan fingerprint density at radius 3 is 2.35 bits per heavy atom. The molecular formula is C13H21ClN2O. The summed E-state index contributed by atoms with van der Waals surface area (Å²) in [4.78, 5) is 8.84. The van der Waals surface area contributed by atoms with E-state index in [0.29, 0.717) is 29.4 Å². The Hall–Kier alpha value is -0.670. The van der Waals surface area contributed by atoms with Crippen molar-refractivity contribution in [2.75, 3.05) is 6.61 Å². The van der Waals surface area contributed by atoms with Gasteiger partial charge in [0.1, 0.15) is 11.3 Å². The van der Waals surface area contributed by atoms with Gasteiger partial charge in [0.15, 0.2) is 5.82 Å². The number of hydrogen-bond acceptors (Lipinski definition) is 3. The van der Waals surface area contributed by atoms with Crippen LogP contribution in [-0.2, 0) is 4.74 Å². The van der Waals surface area contributed by atoms with Crippen LogP contribution in [-0.4, -0.2) is 16.6 Å². The van der Waals surface area contributed by atoms with E-state index < -0.39 is 0 Å². The predicted molar refractivity (Wildman–Crippen MR) is 70.3 cm³/mol. The maximum Gasteiger partial charge on any atom is 0.159 e. The van der Waals surface area contributed by atoms with Crippen LogP contribution in [0.2, 0.25) is 5.15 Å². The molecule has 3 nitrogen and oxygen atoms in total. The minimum absolute atomic E-state index is 0.0869. The summed E-state index contributed by atoms with van der Waals surface area (Å²) in [5, 5.41) is 0.490. The molecule has 96 valence electrons. The van der Waals surface area contributed by atoms with Gasteiger partial charge in [-0.2, -0.15) is 0 Å². The summed E-state index contributed by atoms with van der Waals surface area (Å²) >= 11 is 6.04. The number of halogens is 1. The molecule has 0 aliphatic heterocycles. The van der Waals surface area contributed by atoms with Gasteiger partial charge in [-0.1, -0.05) is 39.3 Å². The number of aromatic nitrogens is 2. The van der Waals surface area contributed by atoms with E-state index in [-0.39, 0.29) is 6.10 Å². The molecule has 0 aromatic carbocycles. The van der Waals surface area contributed by atoms with Crippen molar-refractivity contribution < 1.29 is 4.74 Å². The SMILES string of the molecule is CCOC(c1nc(Cl)cc(C(C)C)n1)C(C)C. The van der Waals surface area contributed by atoms with Crippen molar-refractivity contribution >= 4 is 11.6 Å². The highest BCUT2D eigenvalue weighted by Gasteiger charge is 2.20. The van der Waals surface area contributed by atoms with Crippen molar-refractivity contribution in [2.24, 2.45) is 5.92 Å². The lowest BCUT2D eigenvalue weighted by Gasteiger charge is -2.20. The van der Waals surface area contributed by atoms with Crippen LogP contribution in [0, 0.1) is 5.92 Å². The monoisotopic (exact) mass is 256 g/mol. The quantitative estimate of drug-likeness (QED) is 0.748. The van der Waals surface area contributed by atoms with E-state index in [1.165, 1.54) is 0 Å². The maximum atomic E-state index is 6.04. The van der Waals surface area contributed by atoms with Crippen LogP contribution < -0.4 is 0 Å². The Kier molecular flexibility index (Phi) is 5.34. The van der Waals surface area contributed by atoms with Gasteiger partial charge in [0.05, 0.1) is 0 Å². The van der Waals surface area contributed by atoms with Gasteiger partial charge in [-0.25, -0.2) is 9.97 Å². The average Bonchev–Trinajstić information content (AvgIpc) is 2.24. The molecule has 17 heavy (non-hydrogen) atoms. The maximum absolute atomic E-state index is 6.04. The molecule has 1 rings (SSSR count). The smallest absolute Gasteiger partial charge is 0.159 e. The molecule has 1 unspecified atom stereocenters. The minimum atomic E-state index is -0.0869. The summed E-state index contributed by atoms with van der Waals surface area (Å²) in [6, 6.07) is 1.82. The lowest BCUT2D eigenvalue weighted by atomic mass is 10.1. The van der Waals surface area contributed by atoms with Crippen LogP contribution in [0.1, 0.15) is 58.2 Å². The van der Waals surface area contributed by atoms with Crippen LogP contribution in [0.3, 0.4) is 0 Å². The highest BCUT2D eigenvalue weighted by atomic mass is 35.5. The normalized spacial score (nSPS) is 13.4. The fourth-order valence-corrected chi connectivity index (χ4v) is 1.82. The molecule has 1 aromatic heterocycles. The zero-order chi connectivity index (χ0) is 13.0. The Bertz CT molecular complexity index is 366. The van der Waals surface area contributed by atoms with Crippen molar-refractivity contribution in [3.8, 4) is 0 Å². The van der Waals surface area contributed by atoms with Gasteiger partial charge in [-0.3, -0.25) is 0 Å². The topological polar surface area (TPSA) is 35.0 Å². The van der Waals surface area contributed by atoms with E-state index in [4.69, 9.17) is 16.3 Å². The second-order valence-electron chi connectivity index (χ2n) is 4.75. The zero-order valence-electron chi connectivity index (χ0n) is 11.2. The van der Waals surface area contributed by atoms with E-state index in [0.717, 1.165) is 5.69 Å². The van der Waals surface area contributed by atoms with Crippen molar-refractivity contribution in [2.45, 2.75) is 46.6 Å². The second-order valence-corrected chi connectivity index (χ2v) is 5.14. The molecule has 0 aliphatic carbocycles. The highest BCUT2D eigenvalue weighted by Crippen LogP contribution is 2.25. The van der Waals surface area contributed by atoms with Gasteiger partial charge < -0.3 is 4.74 Å². The Balaban J connectivity index is 3.10. The third-order valence-corrected chi connectivity index (χ3v) is 2.72. The first kappa shape index (κ1) is 14.4. The fraction of sp³-hybridized carbons (Fsp3) is 0.692. The first-order valence-electron chi connectivity index (χ1n) is 6.11. The molecule has 0 amide bonds. The van der Waals surface area contributed by atoms with E-state index in [9.17, 15) is 0 Å². The predicted octanol–water partition coefficient (Wildman–Crippen LogP) is 3.99. The molecule has 1 atom stereocenters. The summed E-state index contributed by atoms with van der Waals surface area (Å²) in [6.45, 7) is 11.0. The summed E-state index contributed by atoms with van der Waals surface area (Å²) in [5.41, 5.74) is 0.963. The number of ether oxygens (including phenoxy) is 1. The molecule has 4 heteroatoms. The van der Waals surface area contributed by atoms with Crippen molar-refractivity contribution in [1.82, 2.24) is 9.97 Å². The molecule has 0 saturated heterocycles. The van der Waals surface area contributed by atoms with Gasteiger partial charge in [-0.15, -0.1) is 0 Å². The van der Waals surface area contributed by atoms with E-state index >= 15 is 0 Å². The Morgan fingerprint density at radius 2 is 1.88 bits per heavy atom. The summed E-state index contributed by atoms with van der Waals surface area (Å²) in [6.07, 6.45) is -0.0869. The summed E-state index contributed by atoms with van der Waals surface area (Å²) in [5.74, 6) is 1.36. The van der Waals surface area contributed by atoms with Gasteiger partial charge in [-0.05, 0) is 24.8 Å². The molecule has 0 aliphatic rings. The second kappa shape index (κ2) is 6.31. The third kappa shape index (κ3) is 3.93. The van der Waals surface area contributed by atoms with Crippen LogP contribution in [0.25, 0.3) is 0 Å². The van der Waals surface area contributed by atoms with Crippen molar-refractivity contribution in [3.05, 3.63) is 22.7 Å². The van der Waals surface area contributed by atoms with Gasteiger partial charge in [0.2, 0.25) is 0 Å². The van der Waals surface area contributed by atoms with Gasteiger partial charge >= 0.3 is 0 Å². The highest BCUT2D eigenvalue weighted by molar-refractivity contribution is 6.29. The molecule has 1 aromatic rings. The molecule has 0 saturated carbocycles. The van der Waals surface area contributed by atoms with Crippen LogP contribution in [0.15, 0.2) is 6.07 Å². The number of nitrogens with zero attached hydrogens (tertiary/aromatic N) is 2. The fourth-order valence-electron chi connectivity index (χ4n) is 1.62. The summed E-state index contributed by atoms with van der Waals surface area (Å²) < 4.78 is 5.70. The standard InChI is InChI=1S/C13H21ClN2O/c1-6-17-12(9(4)5)13-15-10(8(2)3)7-11(14)16-13/h7-9,12H,6H2,1-5H3. The van der Waals surface area contributed by atoms with E-state index in [1.54, 1.807) is 0 Å². The van der Waals surface area contributed by atoms with Crippen molar-refractivity contribution in [3.63, 3.8) is 0 Å². The lowest BCUT2D eigenvalue weighted by Crippen LogP contribution is -2.16. The van der Waals surface area contributed by atoms with Crippen LogP contribution in [0.5, 0.6) is 0 Å². The molecule has 0 spiro atoms. The first-order valence-corrected chi connectivity index (χ1v) is 6.49. The van der Waals surface area contributed by atoms with Gasteiger partial charge in [0, 0.05) is 12.3 Å². The summed E-state index contributed by atoms with van der Waals surface area (Å²) in [7, 11) is 0. The average molecular weight is 257 g/mol. The van der Waals surface area contributed by atoms with Crippen molar-refractivity contribution in [1.29, 1.82) is 0 Å². The zero-order valence-corrected chi connectivity index (χ0v) is 12.0. The number of hydrogen-bond donors (Lipinski definition) is 0. The lowest BCUT2D eigenvalue weighted by molar-refractivity contribution is 0.0230. The molecule has 0 radical (unpaired) electrons. The van der Waals surface area contributed by atoms with E-state index in [2.05, 4.69) is 37.7 Å². The van der Waals surface area contributed by atoms with Gasteiger partial charge in [0.25, 0.3) is 0 Å². The minimum Gasteiger partial charge on any atom is -0.370 e.